The molecule has 0 saturated heterocycles. The van der Waals surface area contributed by atoms with Crippen molar-refractivity contribution in [3.05, 3.63) is 17.3 Å². The number of anilines is 1. The Kier molecular flexibility index (Phi) is 2.05. The molecule has 0 aliphatic rings. The molecule has 0 radical (unpaired) electrons. The SMILES string of the molecule is Cn1nnc(-c2ncc(Cl)cc2N)n1. The lowest BCUT2D eigenvalue weighted by Gasteiger charge is -1.98. The highest BCUT2D eigenvalue weighted by molar-refractivity contribution is 6.30. The predicted molar refractivity (Wildman–Crippen MR) is 51.5 cm³/mol. The van der Waals surface area contributed by atoms with Gasteiger partial charge in [0.2, 0.25) is 5.82 Å². The number of hydrogen-bond acceptors (Lipinski definition) is 5. The van der Waals surface area contributed by atoms with Crippen molar-refractivity contribution in [3.63, 3.8) is 0 Å². The number of tetrazole rings is 1. The lowest BCUT2D eigenvalue weighted by molar-refractivity contribution is 0.630. The fourth-order valence-corrected chi connectivity index (χ4v) is 1.19. The first-order valence-corrected chi connectivity index (χ1v) is 4.20. The van der Waals surface area contributed by atoms with E-state index >= 15 is 0 Å². The molecule has 0 unspecified atom stereocenters. The molecule has 2 N–H and O–H groups in total. The summed E-state index contributed by atoms with van der Waals surface area (Å²) in [5, 5.41) is 11.9. The van der Waals surface area contributed by atoms with Crippen LogP contribution in [0.4, 0.5) is 5.69 Å². The average molecular weight is 211 g/mol. The van der Waals surface area contributed by atoms with Crippen molar-refractivity contribution in [3.8, 4) is 11.5 Å². The van der Waals surface area contributed by atoms with Gasteiger partial charge in [-0.05, 0) is 11.3 Å². The molecule has 2 aromatic heterocycles. The first kappa shape index (κ1) is 8.89. The molecular formula is C7H7ClN6. The van der Waals surface area contributed by atoms with Crippen LogP contribution in [0.5, 0.6) is 0 Å². The molecule has 14 heavy (non-hydrogen) atoms. The van der Waals surface area contributed by atoms with E-state index in [4.69, 9.17) is 17.3 Å². The van der Waals surface area contributed by atoms with E-state index in [2.05, 4.69) is 20.4 Å². The monoisotopic (exact) mass is 210 g/mol. The Morgan fingerprint density at radius 2 is 2.29 bits per heavy atom. The van der Waals surface area contributed by atoms with Crippen LogP contribution >= 0.6 is 11.6 Å². The van der Waals surface area contributed by atoms with Crippen LogP contribution in [0.15, 0.2) is 12.3 Å². The number of nitrogens with zero attached hydrogens (tertiary/aromatic N) is 5. The second-order valence-corrected chi connectivity index (χ2v) is 3.13. The van der Waals surface area contributed by atoms with E-state index in [1.807, 2.05) is 0 Å². The highest BCUT2D eigenvalue weighted by atomic mass is 35.5. The largest absolute Gasteiger partial charge is 0.397 e. The van der Waals surface area contributed by atoms with Gasteiger partial charge in [0, 0.05) is 6.20 Å². The molecule has 2 aromatic rings. The second kappa shape index (κ2) is 3.22. The quantitative estimate of drug-likeness (QED) is 0.742. The molecule has 0 aliphatic carbocycles. The summed E-state index contributed by atoms with van der Waals surface area (Å²) in [4.78, 5) is 5.36. The molecule has 0 saturated carbocycles. The number of rotatable bonds is 1. The maximum atomic E-state index is 5.71. The first-order valence-electron chi connectivity index (χ1n) is 3.82. The summed E-state index contributed by atoms with van der Waals surface area (Å²) in [6, 6.07) is 1.60. The smallest absolute Gasteiger partial charge is 0.225 e. The van der Waals surface area contributed by atoms with Gasteiger partial charge in [-0.15, -0.1) is 10.2 Å². The summed E-state index contributed by atoms with van der Waals surface area (Å²) in [5.41, 5.74) is 6.62. The number of pyridine rings is 1. The van der Waals surface area contributed by atoms with Crippen molar-refractivity contribution in [2.24, 2.45) is 7.05 Å². The van der Waals surface area contributed by atoms with Gasteiger partial charge >= 0.3 is 0 Å². The van der Waals surface area contributed by atoms with Crippen molar-refractivity contribution >= 4 is 17.3 Å². The van der Waals surface area contributed by atoms with Gasteiger partial charge in [0.25, 0.3) is 0 Å². The van der Waals surface area contributed by atoms with Crippen LogP contribution in [0.1, 0.15) is 0 Å². The Morgan fingerprint density at radius 3 is 2.86 bits per heavy atom. The highest BCUT2D eigenvalue weighted by Gasteiger charge is 2.09. The second-order valence-electron chi connectivity index (χ2n) is 2.69. The molecule has 0 amide bonds. The van der Waals surface area contributed by atoms with Crippen LogP contribution in [0, 0.1) is 0 Å². The van der Waals surface area contributed by atoms with Crippen molar-refractivity contribution < 1.29 is 0 Å². The fourth-order valence-electron chi connectivity index (χ4n) is 1.02. The van der Waals surface area contributed by atoms with Gasteiger partial charge < -0.3 is 5.73 Å². The lowest BCUT2D eigenvalue weighted by atomic mass is 10.3. The third-order valence-corrected chi connectivity index (χ3v) is 1.81. The molecular weight excluding hydrogens is 204 g/mol. The average Bonchev–Trinajstić information content (AvgIpc) is 2.51. The van der Waals surface area contributed by atoms with Crippen molar-refractivity contribution in [2.45, 2.75) is 0 Å². The zero-order chi connectivity index (χ0) is 10.1. The highest BCUT2D eigenvalue weighted by Crippen LogP contribution is 2.21. The summed E-state index contributed by atoms with van der Waals surface area (Å²) < 4.78 is 0. The summed E-state index contributed by atoms with van der Waals surface area (Å²) >= 11 is 5.71. The van der Waals surface area contributed by atoms with E-state index in [9.17, 15) is 0 Å². The lowest BCUT2D eigenvalue weighted by Crippen LogP contribution is -1.96. The van der Waals surface area contributed by atoms with Gasteiger partial charge in [-0.25, -0.2) is 4.98 Å². The normalized spacial score (nSPS) is 10.4. The van der Waals surface area contributed by atoms with E-state index in [1.54, 1.807) is 13.1 Å². The van der Waals surface area contributed by atoms with Crippen LogP contribution in [-0.2, 0) is 7.05 Å². The van der Waals surface area contributed by atoms with Crippen LogP contribution in [0.25, 0.3) is 11.5 Å². The molecule has 2 rings (SSSR count). The standard InChI is InChI=1S/C7H7ClN6/c1-14-12-7(11-13-14)6-5(9)2-4(8)3-10-6/h2-3H,9H2,1H3. The molecule has 2 heterocycles. The van der Waals surface area contributed by atoms with E-state index in [0.29, 0.717) is 22.2 Å². The molecule has 72 valence electrons. The molecule has 0 spiro atoms. The molecule has 7 heteroatoms. The van der Waals surface area contributed by atoms with Crippen LogP contribution in [0.2, 0.25) is 5.02 Å². The molecule has 0 aliphatic heterocycles. The van der Waals surface area contributed by atoms with Crippen LogP contribution in [0.3, 0.4) is 0 Å². The Balaban J connectivity index is 2.52. The number of nitrogen functional groups attached to an aromatic ring is 1. The zero-order valence-electron chi connectivity index (χ0n) is 7.35. The van der Waals surface area contributed by atoms with E-state index < -0.39 is 0 Å². The van der Waals surface area contributed by atoms with Crippen molar-refractivity contribution in [1.29, 1.82) is 0 Å². The number of aromatic nitrogens is 5. The fraction of sp³-hybridized carbons (Fsp3) is 0.143. The topological polar surface area (TPSA) is 82.5 Å². The van der Waals surface area contributed by atoms with E-state index in [0.717, 1.165) is 0 Å². The number of hydrogen-bond donors (Lipinski definition) is 1. The van der Waals surface area contributed by atoms with Crippen molar-refractivity contribution in [1.82, 2.24) is 25.2 Å². The summed E-state index contributed by atoms with van der Waals surface area (Å²) in [6.45, 7) is 0. The Labute approximate surface area is 84.7 Å². The predicted octanol–water partition coefficient (Wildman–Crippen LogP) is 0.508. The number of nitrogens with two attached hydrogens (primary N) is 1. The van der Waals surface area contributed by atoms with Gasteiger partial charge in [-0.2, -0.15) is 4.80 Å². The summed E-state index contributed by atoms with van der Waals surface area (Å²) in [5.74, 6) is 0.390. The molecule has 0 fully saturated rings. The number of aryl methyl sites for hydroxylation is 1. The third kappa shape index (κ3) is 1.51. The Bertz CT molecular complexity index is 465. The van der Waals surface area contributed by atoms with Gasteiger partial charge in [-0.1, -0.05) is 11.6 Å². The first-order chi connectivity index (χ1) is 6.66. The van der Waals surface area contributed by atoms with Gasteiger partial charge in [0.1, 0.15) is 5.69 Å². The van der Waals surface area contributed by atoms with Crippen LogP contribution < -0.4 is 5.73 Å². The summed E-state index contributed by atoms with van der Waals surface area (Å²) in [6.07, 6.45) is 1.49. The van der Waals surface area contributed by atoms with Crippen LogP contribution in [-0.4, -0.2) is 25.2 Å². The minimum Gasteiger partial charge on any atom is -0.397 e. The number of halogens is 1. The van der Waals surface area contributed by atoms with Gasteiger partial charge in [0.05, 0.1) is 17.8 Å². The van der Waals surface area contributed by atoms with Crippen molar-refractivity contribution in [2.75, 3.05) is 5.73 Å². The van der Waals surface area contributed by atoms with Gasteiger partial charge in [-0.3, -0.25) is 0 Å². The van der Waals surface area contributed by atoms with E-state index in [1.165, 1.54) is 11.0 Å². The molecule has 0 bridgehead atoms. The Hall–Kier alpha value is -1.69. The minimum atomic E-state index is 0.390. The maximum absolute atomic E-state index is 5.71. The summed E-state index contributed by atoms with van der Waals surface area (Å²) in [7, 11) is 1.67. The third-order valence-electron chi connectivity index (χ3n) is 1.60. The van der Waals surface area contributed by atoms with Gasteiger partial charge in [0.15, 0.2) is 0 Å². The molecule has 6 nitrogen and oxygen atoms in total. The molecule has 0 aromatic carbocycles. The minimum absolute atomic E-state index is 0.390. The maximum Gasteiger partial charge on any atom is 0.225 e. The van der Waals surface area contributed by atoms with E-state index in [-0.39, 0.29) is 0 Å². The zero-order valence-corrected chi connectivity index (χ0v) is 8.10. The molecule has 0 atom stereocenters. The Morgan fingerprint density at radius 1 is 1.50 bits per heavy atom.